The third-order valence-corrected chi connectivity index (χ3v) is 4.98. The Bertz CT molecular complexity index is 636. The second-order valence-corrected chi connectivity index (χ2v) is 6.96. The Labute approximate surface area is 152 Å². The molecule has 112 valence electrons. The normalized spacial score (nSPS) is 12.2. The molecule has 1 unspecified atom stereocenters. The minimum atomic E-state index is 0.0857. The van der Waals surface area contributed by atoms with Crippen LogP contribution in [0.3, 0.4) is 0 Å². The van der Waals surface area contributed by atoms with Crippen molar-refractivity contribution in [2.45, 2.75) is 13.0 Å². The zero-order valence-corrected chi connectivity index (χ0v) is 16.3. The first-order valence-electron chi connectivity index (χ1n) is 6.61. The summed E-state index contributed by atoms with van der Waals surface area (Å²) < 4.78 is 7.70. The SMILES string of the molecule is CCOc1ccc(C(NC)c2cc(Cl)ccc2I)cc1Br. The van der Waals surface area contributed by atoms with Crippen molar-refractivity contribution in [1.29, 1.82) is 0 Å². The summed E-state index contributed by atoms with van der Waals surface area (Å²) in [6.07, 6.45) is 0. The van der Waals surface area contributed by atoms with E-state index in [-0.39, 0.29) is 6.04 Å². The van der Waals surface area contributed by atoms with Gasteiger partial charge in [-0.05, 0) is 94.0 Å². The number of hydrogen-bond donors (Lipinski definition) is 1. The van der Waals surface area contributed by atoms with Crippen molar-refractivity contribution in [3.05, 3.63) is 60.6 Å². The van der Waals surface area contributed by atoms with Gasteiger partial charge in [-0.3, -0.25) is 0 Å². The molecular formula is C16H16BrClINO. The van der Waals surface area contributed by atoms with E-state index in [0.29, 0.717) is 6.61 Å². The summed E-state index contributed by atoms with van der Waals surface area (Å²) >= 11 is 12.0. The highest BCUT2D eigenvalue weighted by Crippen LogP contribution is 2.33. The van der Waals surface area contributed by atoms with Crippen LogP contribution in [0.2, 0.25) is 5.02 Å². The fourth-order valence-electron chi connectivity index (χ4n) is 2.21. The second-order valence-electron chi connectivity index (χ2n) is 4.51. The van der Waals surface area contributed by atoms with E-state index in [4.69, 9.17) is 16.3 Å². The molecule has 2 rings (SSSR count). The minimum Gasteiger partial charge on any atom is -0.493 e. The Kier molecular flexibility index (Phi) is 6.34. The average Bonchev–Trinajstić information content (AvgIpc) is 2.46. The Balaban J connectivity index is 2.42. The van der Waals surface area contributed by atoms with Gasteiger partial charge in [-0.1, -0.05) is 17.7 Å². The Morgan fingerprint density at radius 2 is 2.05 bits per heavy atom. The molecule has 0 aliphatic rings. The van der Waals surface area contributed by atoms with Crippen LogP contribution in [0.15, 0.2) is 40.9 Å². The Morgan fingerprint density at radius 3 is 2.67 bits per heavy atom. The second kappa shape index (κ2) is 7.81. The zero-order valence-electron chi connectivity index (χ0n) is 11.8. The van der Waals surface area contributed by atoms with Gasteiger partial charge in [0.05, 0.1) is 17.1 Å². The quantitative estimate of drug-likeness (QED) is 0.578. The molecule has 21 heavy (non-hydrogen) atoms. The fourth-order valence-corrected chi connectivity index (χ4v) is 3.55. The van der Waals surface area contributed by atoms with Crippen molar-refractivity contribution < 1.29 is 4.74 Å². The Hall–Kier alpha value is -0.300. The maximum atomic E-state index is 6.14. The summed E-state index contributed by atoms with van der Waals surface area (Å²) in [6, 6.07) is 12.2. The molecule has 1 atom stereocenters. The number of halogens is 3. The van der Waals surface area contributed by atoms with Crippen LogP contribution in [0.5, 0.6) is 5.75 Å². The standard InChI is InChI=1S/C16H16BrClINO/c1-3-21-15-7-4-10(8-13(15)17)16(20-2)12-9-11(18)5-6-14(12)19/h4-9,16,20H,3H2,1-2H3. The van der Waals surface area contributed by atoms with Crippen molar-refractivity contribution in [2.75, 3.05) is 13.7 Å². The molecule has 2 nitrogen and oxygen atoms in total. The molecule has 0 saturated heterocycles. The summed E-state index contributed by atoms with van der Waals surface area (Å²) in [6.45, 7) is 2.63. The van der Waals surface area contributed by atoms with Crippen LogP contribution in [0, 0.1) is 3.57 Å². The lowest BCUT2D eigenvalue weighted by atomic mass is 9.99. The van der Waals surface area contributed by atoms with Gasteiger partial charge in [0.15, 0.2) is 0 Å². The minimum absolute atomic E-state index is 0.0857. The van der Waals surface area contributed by atoms with Crippen LogP contribution >= 0.6 is 50.1 Å². The van der Waals surface area contributed by atoms with Gasteiger partial charge in [0.1, 0.15) is 5.75 Å². The van der Waals surface area contributed by atoms with E-state index in [1.54, 1.807) is 0 Å². The van der Waals surface area contributed by atoms with Crippen molar-refractivity contribution in [2.24, 2.45) is 0 Å². The molecule has 0 aliphatic carbocycles. The van der Waals surface area contributed by atoms with Gasteiger partial charge in [-0.25, -0.2) is 0 Å². The van der Waals surface area contributed by atoms with E-state index in [1.165, 1.54) is 9.13 Å². The highest BCUT2D eigenvalue weighted by Gasteiger charge is 2.16. The molecule has 0 bridgehead atoms. The highest BCUT2D eigenvalue weighted by atomic mass is 127. The summed E-state index contributed by atoms with van der Waals surface area (Å²) in [7, 11) is 1.95. The number of nitrogens with one attached hydrogen (secondary N) is 1. The van der Waals surface area contributed by atoms with Crippen LogP contribution in [-0.2, 0) is 0 Å². The van der Waals surface area contributed by atoms with Gasteiger partial charge in [0.25, 0.3) is 0 Å². The lowest BCUT2D eigenvalue weighted by Crippen LogP contribution is -2.18. The molecule has 1 N–H and O–H groups in total. The molecular weight excluding hydrogens is 464 g/mol. The van der Waals surface area contributed by atoms with Crippen LogP contribution in [-0.4, -0.2) is 13.7 Å². The first-order valence-corrected chi connectivity index (χ1v) is 8.86. The van der Waals surface area contributed by atoms with Crippen molar-refractivity contribution in [3.63, 3.8) is 0 Å². The van der Waals surface area contributed by atoms with E-state index in [2.05, 4.69) is 56.0 Å². The van der Waals surface area contributed by atoms with Crippen molar-refractivity contribution in [3.8, 4) is 5.75 Å². The molecule has 0 fully saturated rings. The molecule has 2 aromatic carbocycles. The average molecular weight is 481 g/mol. The van der Waals surface area contributed by atoms with Crippen LogP contribution in [0.25, 0.3) is 0 Å². The predicted octanol–water partition coefficient (Wildman–Crippen LogP) is 5.41. The van der Waals surface area contributed by atoms with Crippen LogP contribution in [0.4, 0.5) is 0 Å². The molecule has 0 spiro atoms. The van der Waals surface area contributed by atoms with E-state index in [1.807, 2.05) is 38.2 Å². The molecule has 0 radical (unpaired) electrons. The summed E-state index contributed by atoms with van der Waals surface area (Å²) in [5.41, 5.74) is 2.33. The number of rotatable bonds is 5. The maximum Gasteiger partial charge on any atom is 0.133 e. The lowest BCUT2D eigenvalue weighted by molar-refractivity contribution is 0.338. The molecule has 2 aromatic rings. The topological polar surface area (TPSA) is 21.3 Å². The number of ether oxygens (including phenoxy) is 1. The zero-order chi connectivity index (χ0) is 15.4. The van der Waals surface area contributed by atoms with E-state index >= 15 is 0 Å². The third-order valence-electron chi connectivity index (χ3n) is 3.15. The molecule has 0 aromatic heterocycles. The van der Waals surface area contributed by atoms with Gasteiger partial charge < -0.3 is 10.1 Å². The molecule has 0 aliphatic heterocycles. The lowest BCUT2D eigenvalue weighted by Gasteiger charge is -2.20. The summed E-state index contributed by atoms with van der Waals surface area (Å²) in [5.74, 6) is 0.858. The fraction of sp³-hybridized carbons (Fsp3) is 0.250. The molecule has 0 saturated carbocycles. The first kappa shape index (κ1) is 17.1. The molecule has 5 heteroatoms. The van der Waals surface area contributed by atoms with Gasteiger partial charge in [-0.2, -0.15) is 0 Å². The predicted molar refractivity (Wildman–Crippen MR) is 100 cm³/mol. The van der Waals surface area contributed by atoms with Gasteiger partial charge in [0, 0.05) is 8.59 Å². The van der Waals surface area contributed by atoms with Crippen molar-refractivity contribution >= 4 is 50.1 Å². The smallest absolute Gasteiger partial charge is 0.133 e. The van der Waals surface area contributed by atoms with E-state index in [0.717, 1.165) is 20.8 Å². The highest BCUT2D eigenvalue weighted by molar-refractivity contribution is 14.1. The molecule has 0 heterocycles. The Morgan fingerprint density at radius 1 is 1.29 bits per heavy atom. The third kappa shape index (κ3) is 4.12. The van der Waals surface area contributed by atoms with Crippen LogP contribution in [0.1, 0.15) is 24.1 Å². The summed E-state index contributed by atoms with van der Waals surface area (Å²) in [4.78, 5) is 0. The number of hydrogen-bond acceptors (Lipinski definition) is 2. The molecule has 0 amide bonds. The maximum absolute atomic E-state index is 6.14. The monoisotopic (exact) mass is 479 g/mol. The van der Waals surface area contributed by atoms with Gasteiger partial charge in [-0.15, -0.1) is 0 Å². The largest absolute Gasteiger partial charge is 0.493 e. The van der Waals surface area contributed by atoms with E-state index in [9.17, 15) is 0 Å². The summed E-state index contributed by atoms with van der Waals surface area (Å²) in [5, 5.41) is 4.10. The van der Waals surface area contributed by atoms with Gasteiger partial charge >= 0.3 is 0 Å². The first-order chi connectivity index (χ1) is 10.1. The number of benzene rings is 2. The van der Waals surface area contributed by atoms with Gasteiger partial charge in [0.2, 0.25) is 0 Å². The van der Waals surface area contributed by atoms with E-state index < -0.39 is 0 Å². The van der Waals surface area contributed by atoms with Crippen molar-refractivity contribution in [1.82, 2.24) is 5.32 Å². The van der Waals surface area contributed by atoms with Crippen LogP contribution < -0.4 is 10.1 Å².